The number of aromatic nitrogens is 1. The Balaban J connectivity index is 2.21. The van der Waals surface area contributed by atoms with Crippen LogP contribution in [0.15, 0.2) is 34.2 Å². The first-order valence-electron chi connectivity index (χ1n) is 4.88. The van der Waals surface area contributed by atoms with Crippen LogP contribution in [-0.4, -0.2) is 16.8 Å². The largest absolute Gasteiger partial charge is 0.366 e. The van der Waals surface area contributed by atoms with Gasteiger partial charge in [0, 0.05) is 21.6 Å². The van der Waals surface area contributed by atoms with E-state index in [1.54, 1.807) is 17.6 Å². The molecule has 0 aliphatic carbocycles. The van der Waals surface area contributed by atoms with Crippen molar-refractivity contribution in [2.45, 2.75) is 0 Å². The highest BCUT2D eigenvalue weighted by Gasteiger charge is 2.12. The molecule has 2 rings (SSSR count). The number of amides is 2. The van der Waals surface area contributed by atoms with Gasteiger partial charge in [0.1, 0.15) is 0 Å². The number of carbonyl (C=O) groups excluding carboxylic acids is 2. The maximum atomic E-state index is 11.9. The van der Waals surface area contributed by atoms with E-state index >= 15 is 0 Å². The first-order chi connectivity index (χ1) is 8.58. The standard InChI is InChI=1S/C11H8BrN3O2S/c12-8-5-6(1-2-7(8)9(13)16)10(17)15-11-14-3-4-18-11/h1-5H,(H2,13,16)(H,14,15,17). The molecule has 0 fully saturated rings. The number of halogens is 1. The normalized spacial score (nSPS) is 10.1. The summed E-state index contributed by atoms with van der Waals surface area (Å²) in [6.45, 7) is 0. The number of hydrogen-bond acceptors (Lipinski definition) is 4. The second kappa shape index (κ2) is 5.28. The van der Waals surface area contributed by atoms with Crippen molar-refractivity contribution < 1.29 is 9.59 Å². The zero-order valence-corrected chi connectivity index (χ0v) is 11.4. The minimum atomic E-state index is -0.547. The van der Waals surface area contributed by atoms with Crippen molar-refractivity contribution in [3.05, 3.63) is 45.4 Å². The first-order valence-corrected chi connectivity index (χ1v) is 6.55. The number of thiazole rings is 1. The van der Waals surface area contributed by atoms with E-state index in [9.17, 15) is 9.59 Å². The van der Waals surface area contributed by atoms with Gasteiger partial charge in [-0.05, 0) is 34.1 Å². The number of rotatable bonds is 3. The van der Waals surface area contributed by atoms with Gasteiger partial charge in [0.15, 0.2) is 5.13 Å². The second-order valence-electron chi connectivity index (χ2n) is 3.35. The number of carbonyl (C=O) groups is 2. The van der Waals surface area contributed by atoms with E-state index in [1.165, 1.54) is 23.5 Å². The molecule has 0 radical (unpaired) electrons. The van der Waals surface area contributed by atoms with Crippen LogP contribution >= 0.6 is 27.3 Å². The Hall–Kier alpha value is -1.73. The predicted octanol–water partition coefficient (Wildman–Crippen LogP) is 2.26. The van der Waals surface area contributed by atoms with E-state index in [0.29, 0.717) is 20.7 Å². The molecule has 2 amide bonds. The fraction of sp³-hybridized carbons (Fsp3) is 0. The number of benzene rings is 1. The molecule has 18 heavy (non-hydrogen) atoms. The van der Waals surface area contributed by atoms with Gasteiger partial charge in [-0.2, -0.15) is 0 Å². The Morgan fingerprint density at radius 1 is 1.39 bits per heavy atom. The molecule has 0 atom stereocenters. The second-order valence-corrected chi connectivity index (χ2v) is 5.10. The van der Waals surface area contributed by atoms with Crippen LogP contribution in [0, 0.1) is 0 Å². The zero-order valence-electron chi connectivity index (χ0n) is 9.01. The SMILES string of the molecule is NC(=O)c1ccc(C(=O)Nc2nccs2)cc1Br. The lowest BCUT2D eigenvalue weighted by molar-refractivity contribution is 0.0994. The fourth-order valence-electron chi connectivity index (χ4n) is 1.31. The average Bonchev–Trinajstić information content (AvgIpc) is 2.81. The molecule has 5 nitrogen and oxygen atoms in total. The van der Waals surface area contributed by atoms with Crippen LogP contribution in [0.2, 0.25) is 0 Å². The van der Waals surface area contributed by atoms with Crippen molar-refractivity contribution in [1.29, 1.82) is 0 Å². The van der Waals surface area contributed by atoms with Gasteiger partial charge in [-0.25, -0.2) is 4.98 Å². The lowest BCUT2D eigenvalue weighted by Crippen LogP contribution is -2.14. The van der Waals surface area contributed by atoms with E-state index in [1.807, 2.05) is 0 Å². The van der Waals surface area contributed by atoms with E-state index in [2.05, 4.69) is 26.2 Å². The van der Waals surface area contributed by atoms with Gasteiger partial charge in [0.05, 0.1) is 5.56 Å². The number of anilines is 1. The van der Waals surface area contributed by atoms with Crippen LogP contribution in [0.5, 0.6) is 0 Å². The molecule has 0 saturated carbocycles. The van der Waals surface area contributed by atoms with Crippen LogP contribution in [0.3, 0.4) is 0 Å². The van der Waals surface area contributed by atoms with Crippen LogP contribution in [0.4, 0.5) is 5.13 Å². The third-order valence-corrected chi connectivity index (χ3v) is 3.49. The zero-order chi connectivity index (χ0) is 13.1. The molecule has 1 heterocycles. The minimum Gasteiger partial charge on any atom is -0.366 e. The summed E-state index contributed by atoms with van der Waals surface area (Å²) in [5, 5.41) is 4.93. The number of nitrogens with two attached hydrogens (primary N) is 1. The van der Waals surface area contributed by atoms with Crippen molar-refractivity contribution in [3.63, 3.8) is 0 Å². The molecule has 92 valence electrons. The number of nitrogens with one attached hydrogen (secondary N) is 1. The molecule has 7 heteroatoms. The highest BCUT2D eigenvalue weighted by Crippen LogP contribution is 2.19. The van der Waals surface area contributed by atoms with Crippen molar-refractivity contribution in [3.8, 4) is 0 Å². The summed E-state index contributed by atoms with van der Waals surface area (Å²) in [5.74, 6) is -0.838. The van der Waals surface area contributed by atoms with Crippen molar-refractivity contribution >= 4 is 44.2 Å². The fourth-order valence-corrected chi connectivity index (χ4v) is 2.41. The maximum Gasteiger partial charge on any atom is 0.257 e. The summed E-state index contributed by atoms with van der Waals surface area (Å²) in [6, 6.07) is 4.58. The van der Waals surface area contributed by atoms with Crippen LogP contribution in [0.25, 0.3) is 0 Å². The highest BCUT2D eigenvalue weighted by atomic mass is 79.9. The summed E-state index contributed by atoms with van der Waals surface area (Å²) < 4.78 is 0.488. The molecular weight excluding hydrogens is 318 g/mol. The third-order valence-electron chi connectivity index (χ3n) is 2.15. The van der Waals surface area contributed by atoms with E-state index in [4.69, 9.17) is 5.73 Å². The van der Waals surface area contributed by atoms with Gasteiger partial charge >= 0.3 is 0 Å². The van der Waals surface area contributed by atoms with Crippen LogP contribution in [-0.2, 0) is 0 Å². The molecule has 0 aliphatic heterocycles. The monoisotopic (exact) mass is 325 g/mol. The smallest absolute Gasteiger partial charge is 0.257 e. The number of nitrogens with zero attached hydrogens (tertiary/aromatic N) is 1. The van der Waals surface area contributed by atoms with Gasteiger partial charge in [-0.15, -0.1) is 11.3 Å². The van der Waals surface area contributed by atoms with Crippen molar-refractivity contribution in [2.75, 3.05) is 5.32 Å². The van der Waals surface area contributed by atoms with Gasteiger partial charge in [-0.1, -0.05) is 0 Å². The number of primary amides is 1. The topological polar surface area (TPSA) is 85.1 Å². The summed E-state index contributed by atoms with van der Waals surface area (Å²) in [6.07, 6.45) is 1.60. The number of hydrogen-bond donors (Lipinski definition) is 2. The summed E-state index contributed by atoms with van der Waals surface area (Å²) in [4.78, 5) is 26.9. The van der Waals surface area contributed by atoms with Gasteiger partial charge < -0.3 is 5.73 Å². The summed E-state index contributed by atoms with van der Waals surface area (Å²) in [7, 11) is 0. The highest BCUT2D eigenvalue weighted by molar-refractivity contribution is 9.10. The van der Waals surface area contributed by atoms with E-state index in [-0.39, 0.29) is 5.91 Å². The first kappa shape index (κ1) is 12.7. The molecule has 1 aromatic carbocycles. The van der Waals surface area contributed by atoms with Crippen LogP contribution in [0.1, 0.15) is 20.7 Å². The molecule has 2 aromatic rings. The Bertz CT molecular complexity index is 598. The molecule has 0 saturated heterocycles. The Morgan fingerprint density at radius 3 is 2.72 bits per heavy atom. The molecule has 1 aromatic heterocycles. The Kier molecular flexibility index (Phi) is 3.73. The minimum absolute atomic E-state index is 0.290. The van der Waals surface area contributed by atoms with E-state index < -0.39 is 5.91 Å². The van der Waals surface area contributed by atoms with Crippen molar-refractivity contribution in [1.82, 2.24) is 4.98 Å². The van der Waals surface area contributed by atoms with E-state index in [0.717, 1.165) is 0 Å². The maximum absolute atomic E-state index is 11.9. The molecule has 0 spiro atoms. The van der Waals surface area contributed by atoms with Crippen molar-refractivity contribution in [2.24, 2.45) is 5.73 Å². The quantitative estimate of drug-likeness (QED) is 0.907. The lowest BCUT2D eigenvalue weighted by atomic mass is 10.1. The molecule has 3 N–H and O–H groups in total. The molecule has 0 aliphatic rings. The third kappa shape index (κ3) is 2.74. The summed E-state index contributed by atoms with van der Waals surface area (Å²) >= 11 is 4.53. The lowest BCUT2D eigenvalue weighted by Gasteiger charge is -2.04. The Labute approximate surface area is 115 Å². The predicted molar refractivity (Wildman–Crippen MR) is 72.7 cm³/mol. The molecule has 0 bridgehead atoms. The average molecular weight is 326 g/mol. The van der Waals surface area contributed by atoms with Gasteiger partial charge in [-0.3, -0.25) is 14.9 Å². The Morgan fingerprint density at radius 2 is 2.17 bits per heavy atom. The van der Waals surface area contributed by atoms with Gasteiger partial charge in [0.25, 0.3) is 5.91 Å². The summed E-state index contributed by atoms with van der Waals surface area (Å²) in [5.41, 5.74) is 5.93. The molecular formula is C11H8BrN3O2S. The van der Waals surface area contributed by atoms with Crippen LogP contribution < -0.4 is 11.1 Å². The molecule has 0 unspecified atom stereocenters. The van der Waals surface area contributed by atoms with Gasteiger partial charge in [0.2, 0.25) is 5.91 Å².